The van der Waals surface area contributed by atoms with Crippen LogP contribution in [-0.4, -0.2) is 37.7 Å². The number of amides is 3. The summed E-state index contributed by atoms with van der Waals surface area (Å²) in [6, 6.07) is 6.05. The number of ether oxygens (including phenoxy) is 3. The van der Waals surface area contributed by atoms with Gasteiger partial charge in [0.1, 0.15) is 11.5 Å². The van der Waals surface area contributed by atoms with E-state index in [2.05, 4.69) is 0 Å². The summed E-state index contributed by atoms with van der Waals surface area (Å²) in [5.41, 5.74) is 4.80. The zero-order valence-electron chi connectivity index (χ0n) is 13.0. The highest BCUT2D eigenvalue weighted by Gasteiger charge is 2.18. The first-order valence-electron chi connectivity index (χ1n) is 6.99. The smallest absolute Gasteiger partial charge is 0.318 e. The van der Waals surface area contributed by atoms with E-state index in [-0.39, 0.29) is 6.42 Å². The van der Waals surface area contributed by atoms with Crippen molar-refractivity contribution in [1.82, 2.24) is 5.32 Å². The van der Waals surface area contributed by atoms with Crippen LogP contribution in [0.5, 0.6) is 11.5 Å². The maximum absolute atomic E-state index is 11.5. The number of imide groups is 1. The van der Waals surface area contributed by atoms with Gasteiger partial charge in [0, 0.05) is 6.42 Å². The molecule has 0 aliphatic carbocycles. The van der Waals surface area contributed by atoms with E-state index in [4.69, 9.17) is 19.9 Å². The lowest BCUT2D eigenvalue weighted by atomic mass is 10.3. The van der Waals surface area contributed by atoms with Crippen LogP contribution in [0.2, 0.25) is 0 Å². The third-order valence-corrected chi connectivity index (χ3v) is 2.78. The summed E-state index contributed by atoms with van der Waals surface area (Å²) in [5.74, 6) is 0.0632. The lowest BCUT2D eigenvalue weighted by Gasteiger charge is -2.12. The SMILES string of the molecule is COc1ccc(OCCCC(=O)O[C@H](C)C(=O)NC(N)=O)cc1. The Morgan fingerprint density at radius 1 is 1.17 bits per heavy atom. The molecule has 0 aliphatic rings. The summed E-state index contributed by atoms with van der Waals surface area (Å²) < 4.78 is 15.4. The molecule has 1 aromatic rings. The number of benzene rings is 1. The van der Waals surface area contributed by atoms with Crippen LogP contribution >= 0.6 is 0 Å². The number of nitrogens with two attached hydrogens (primary N) is 1. The van der Waals surface area contributed by atoms with Crippen molar-refractivity contribution in [2.45, 2.75) is 25.9 Å². The summed E-state index contributed by atoms with van der Waals surface area (Å²) >= 11 is 0. The zero-order chi connectivity index (χ0) is 17.2. The number of rotatable bonds is 8. The van der Waals surface area contributed by atoms with Crippen molar-refractivity contribution in [1.29, 1.82) is 0 Å². The van der Waals surface area contributed by atoms with Crippen LogP contribution in [0.4, 0.5) is 4.79 Å². The van der Waals surface area contributed by atoms with E-state index in [9.17, 15) is 14.4 Å². The number of carbonyl (C=O) groups excluding carboxylic acids is 3. The molecular weight excluding hydrogens is 304 g/mol. The van der Waals surface area contributed by atoms with Gasteiger partial charge in [0.15, 0.2) is 6.10 Å². The van der Waals surface area contributed by atoms with Crippen LogP contribution in [0.1, 0.15) is 19.8 Å². The normalized spacial score (nSPS) is 11.2. The van der Waals surface area contributed by atoms with E-state index in [0.29, 0.717) is 18.8 Å². The zero-order valence-corrected chi connectivity index (χ0v) is 13.0. The molecule has 0 aliphatic heterocycles. The van der Waals surface area contributed by atoms with Gasteiger partial charge in [-0.25, -0.2) is 4.79 Å². The first kappa shape index (κ1) is 18.3. The molecule has 126 valence electrons. The van der Waals surface area contributed by atoms with Gasteiger partial charge in [0.2, 0.25) is 0 Å². The topological polar surface area (TPSA) is 117 Å². The Bertz CT molecular complexity index is 543. The average molecular weight is 324 g/mol. The van der Waals surface area contributed by atoms with Crippen LogP contribution in [-0.2, 0) is 14.3 Å². The number of esters is 1. The largest absolute Gasteiger partial charge is 0.497 e. The maximum atomic E-state index is 11.5. The quantitative estimate of drug-likeness (QED) is 0.544. The van der Waals surface area contributed by atoms with Gasteiger partial charge in [-0.3, -0.25) is 14.9 Å². The van der Waals surface area contributed by atoms with Crippen molar-refractivity contribution in [2.75, 3.05) is 13.7 Å². The highest BCUT2D eigenvalue weighted by molar-refractivity contribution is 5.96. The number of nitrogens with one attached hydrogen (secondary N) is 1. The van der Waals surface area contributed by atoms with Gasteiger partial charge in [-0.15, -0.1) is 0 Å². The molecule has 23 heavy (non-hydrogen) atoms. The van der Waals surface area contributed by atoms with Crippen molar-refractivity contribution in [2.24, 2.45) is 5.73 Å². The Hall–Kier alpha value is -2.77. The van der Waals surface area contributed by atoms with Crippen LogP contribution in [0.25, 0.3) is 0 Å². The molecular formula is C15H20N2O6. The molecule has 0 heterocycles. The van der Waals surface area contributed by atoms with Gasteiger partial charge in [-0.05, 0) is 37.6 Å². The molecule has 8 nitrogen and oxygen atoms in total. The van der Waals surface area contributed by atoms with E-state index < -0.39 is 24.0 Å². The minimum Gasteiger partial charge on any atom is -0.497 e. The van der Waals surface area contributed by atoms with Gasteiger partial charge < -0.3 is 19.9 Å². The Labute approximate surface area is 133 Å². The molecule has 0 aromatic heterocycles. The van der Waals surface area contributed by atoms with Crippen molar-refractivity contribution in [3.63, 3.8) is 0 Å². The van der Waals surface area contributed by atoms with Gasteiger partial charge in [-0.2, -0.15) is 0 Å². The van der Waals surface area contributed by atoms with E-state index in [0.717, 1.165) is 5.75 Å². The molecule has 3 N–H and O–H groups in total. The van der Waals surface area contributed by atoms with E-state index in [1.165, 1.54) is 6.92 Å². The minimum absolute atomic E-state index is 0.0876. The minimum atomic E-state index is -1.09. The predicted octanol–water partition coefficient (Wildman–Crippen LogP) is 0.981. The van der Waals surface area contributed by atoms with Crippen molar-refractivity contribution < 1.29 is 28.6 Å². The summed E-state index contributed by atoms with van der Waals surface area (Å²) in [7, 11) is 1.58. The molecule has 0 saturated carbocycles. The number of urea groups is 1. The van der Waals surface area contributed by atoms with E-state index in [1.54, 1.807) is 31.4 Å². The lowest BCUT2D eigenvalue weighted by molar-refractivity contribution is -0.154. The van der Waals surface area contributed by atoms with E-state index in [1.807, 2.05) is 5.32 Å². The van der Waals surface area contributed by atoms with Gasteiger partial charge in [0.25, 0.3) is 5.91 Å². The first-order chi connectivity index (χ1) is 10.9. The fourth-order valence-corrected chi connectivity index (χ4v) is 1.61. The highest BCUT2D eigenvalue weighted by Crippen LogP contribution is 2.17. The first-order valence-corrected chi connectivity index (χ1v) is 6.99. The highest BCUT2D eigenvalue weighted by atomic mass is 16.5. The second-order valence-corrected chi connectivity index (χ2v) is 4.61. The Balaban J connectivity index is 2.23. The van der Waals surface area contributed by atoms with E-state index >= 15 is 0 Å². The third kappa shape index (κ3) is 7.16. The van der Waals surface area contributed by atoms with Crippen LogP contribution in [0.3, 0.4) is 0 Å². The Morgan fingerprint density at radius 3 is 2.35 bits per heavy atom. The second kappa shape index (κ2) is 9.29. The number of carbonyl (C=O) groups is 3. The van der Waals surface area contributed by atoms with Crippen molar-refractivity contribution in [3.8, 4) is 11.5 Å². The van der Waals surface area contributed by atoms with Crippen molar-refractivity contribution in [3.05, 3.63) is 24.3 Å². The predicted molar refractivity (Wildman–Crippen MR) is 81.0 cm³/mol. The summed E-state index contributed by atoms with van der Waals surface area (Å²) in [6.45, 7) is 1.67. The van der Waals surface area contributed by atoms with Gasteiger partial charge >= 0.3 is 12.0 Å². The summed E-state index contributed by atoms with van der Waals surface area (Å²) in [6.07, 6.45) is -0.572. The Kier molecular flexibility index (Phi) is 7.38. The van der Waals surface area contributed by atoms with Crippen LogP contribution in [0, 0.1) is 0 Å². The number of methoxy groups -OCH3 is 1. The molecule has 1 atom stereocenters. The lowest BCUT2D eigenvalue weighted by Crippen LogP contribution is -2.42. The monoisotopic (exact) mass is 324 g/mol. The molecule has 1 aromatic carbocycles. The van der Waals surface area contributed by atoms with Gasteiger partial charge in [-0.1, -0.05) is 0 Å². The molecule has 0 bridgehead atoms. The van der Waals surface area contributed by atoms with Crippen molar-refractivity contribution >= 4 is 17.9 Å². The fourth-order valence-electron chi connectivity index (χ4n) is 1.61. The molecule has 0 fully saturated rings. The second-order valence-electron chi connectivity index (χ2n) is 4.61. The molecule has 0 saturated heterocycles. The molecule has 0 spiro atoms. The number of hydrogen-bond acceptors (Lipinski definition) is 6. The molecule has 8 heteroatoms. The summed E-state index contributed by atoms with van der Waals surface area (Å²) in [5, 5.41) is 1.83. The summed E-state index contributed by atoms with van der Waals surface area (Å²) in [4.78, 5) is 33.4. The fraction of sp³-hybridized carbons (Fsp3) is 0.400. The maximum Gasteiger partial charge on any atom is 0.318 e. The third-order valence-electron chi connectivity index (χ3n) is 2.78. The molecule has 1 rings (SSSR count). The molecule has 0 unspecified atom stereocenters. The Morgan fingerprint density at radius 2 is 1.78 bits per heavy atom. The van der Waals surface area contributed by atoms with Gasteiger partial charge in [0.05, 0.1) is 13.7 Å². The number of hydrogen-bond donors (Lipinski definition) is 2. The molecule has 3 amide bonds. The van der Waals surface area contributed by atoms with Crippen LogP contribution < -0.4 is 20.5 Å². The molecule has 0 radical (unpaired) electrons. The van der Waals surface area contributed by atoms with Crippen LogP contribution in [0.15, 0.2) is 24.3 Å². The standard InChI is InChI=1S/C15H20N2O6/c1-10(14(19)17-15(16)20)23-13(18)4-3-9-22-12-7-5-11(21-2)6-8-12/h5-8,10H,3-4,9H2,1-2H3,(H3,16,17,19,20)/t10-/m1/s1. The number of primary amides is 1. The average Bonchev–Trinajstić information content (AvgIpc) is 2.51.